The molecule has 4 rings (SSSR count). The van der Waals surface area contributed by atoms with Gasteiger partial charge < -0.3 is 34.5 Å². The van der Waals surface area contributed by atoms with Crippen LogP contribution >= 0.6 is 11.6 Å². The van der Waals surface area contributed by atoms with Crippen LogP contribution in [0.3, 0.4) is 0 Å². The lowest BCUT2D eigenvalue weighted by atomic mass is 10.1. The quantitative estimate of drug-likeness (QED) is 0.125. The molecule has 1 aromatic rings. The molecule has 3 aliphatic rings. The van der Waals surface area contributed by atoms with E-state index in [1.807, 2.05) is 12.1 Å². The van der Waals surface area contributed by atoms with E-state index in [1.54, 1.807) is 45.9 Å². The molecule has 13 nitrogen and oxygen atoms in total. The fourth-order valence-electron chi connectivity index (χ4n) is 6.04. The van der Waals surface area contributed by atoms with Crippen LogP contribution in [0.2, 0.25) is 5.02 Å². The van der Waals surface area contributed by atoms with Gasteiger partial charge in [0.05, 0.1) is 19.7 Å². The van der Waals surface area contributed by atoms with Gasteiger partial charge >= 0.3 is 18.2 Å². The van der Waals surface area contributed by atoms with E-state index in [1.165, 1.54) is 9.80 Å². The molecule has 49 heavy (non-hydrogen) atoms. The number of rotatable bonds is 14. The van der Waals surface area contributed by atoms with Crippen molar-refractivity contribution in [2.75, 3.05) is 26.4 Å². The molecule has 14 heteroatoms. The highest BCUT2D eigenvalue weighted by Crippen LogP contribution is 2.45. The summed E-state index contributed by atoms with van der Waals surface area (Å²) in [6.07, 6.45) is 1.89. The number of carbonyl (C=O) groups excluding carboxylic acids is 5. The third-order valence-corrected chi connectivity index (χ3v) is 8.95. The van der Waals surface area contributed by atoms with Crippen LogP contribution in [-0.4, -0.2) is 95.5 Å². The van der Waals surface area contributed by atoms with Gasteiger partial charge in [-0.2, -0.15) is 0 Å². The lowest BCUT2D eigenvalue weighted by Gasteiger charge is -2.30. The zero-order valence-corrected chi connectivity index (χ0v) is 29.4. The van der Waals surface area contributed by atoms with Gasteiger partial charge in [-0.05, 0) is 57.7 Å². The summed E-state index contributed by atoms with van der Waals surface area (Å²) in [5.41, 5.74) is -0.410. The Hall–Kier alpha value is -4.10. The number of likely N-dealkylation sites (tertiary alicyclic amines) is 1. The molecular formula is C35H47ClN4O9. The van der Waals surface area contributed by atoms with Gasteiger partial charge in [-0.3, -0.25) is 14.5 Å². The number of ether oxygens (including phenoxy) is 4. The summed E-state index contributed by atoms with van der Waals surface area (Å²) < 4.78 is 22.2. The number of nitrogens with one attached hydrogen (secondary N) is 2. The standard InChI is InChI=1S/C35H47ClN4O9/c1-7-10-15-46-16-14-27(37-32(44)49-34(4,5)6)30(42)40-20-24(48-33(45)39-19-22-12-11-13-26(36)25(22)21-39)17-28(40)29(41)38-35(18-23(35)8-2)31(43)47-9-3/h7-8,11-13,23-24,27-28H,1-2,9-10,14-21H2,3-6H3,(H,37,44)(H,38,41)/t23-,24-,27+,28+,35-/m1/s1. The molecule has 1 aromatic carbocycles. The van der Waals surface area contributed by atoms with Crippen molar-refractivity contribution in [1.29, 1.82) is 0 Å². The van der Waals surface area contributed by atoms with Gasteiger partial charge in [0.2, 0.25) is 11.8 Å². The third-order valence-electron chi connectivity index (χ3n) is 8.59. The largest absolute Gasteiger partial charge is 0.464 e. The second-order valence-electron chi connectivity index (χ2n) is 13.4. The average Bonchev–Trinajstić information content (AvgIpc) is 3.34. The summed E-state index contributed by atoms with van der Waals surface area (Å²) in [5, 5.41) is 5.99. The van der Waals surface area contributed by atoms with Crippen molar-refractivity contribution in [3.63, 3.8) is 0 Å². The molecule has 2 aliphatic heterocycles. The molecule has 5 atom stereocenters. The molecule has 2 N–H and O–H groups in total. The van der Waals surface area contributed by atoms with Gasteiger partial charge in [-0.15, -0.1) is 13.2 Å². The number of nitrogens with zero attached hydrogens (tertiary/aromatic N) is 2. The molecule has 1 saturated heterocycles. The number of hydrogen-bond donors (Lipinski definition) is 2. The van der Waals surface area contributed by atoms with E-state index in [-0.39, 0.29) is 45.1 Å². The third kappa shape index (κ3) is 9.33. The zero-order valence-electron chi connectivity index (χ0n) is 28.6. The summed E-state index contributed by atoms with van der Waals surface area (Å²) in [7, 11) is 0. The molecule has 1 saturated carbocycles. The number of halogens is 1. The van der Waals surface area contributed by atoms with Crippen LogP contribution < -0.4 is 10.6 Å². The zero-order chi connectivity index (χ0) is 35.9. The molecule has 0 unspecified atom stereocenters. The van der Waals surface area contributed by atoms with Crippen molar-refractivity contribution in [3.05, 3.63) is 59.7 Å². The number of esters is 1. The highest BCUT2D eigenvalue weighted by molar-refractivity contribution is 6.31. The molecular weight excluding hydrogens is 656 g/mol. The predicted octanol–water partition coefficient (Wildman–Crippen LogP) is 4.26. The number of benzene rings is 1. The molecule has 0 aromatic heterocycles. The van der Waals surface area contributed by atoms with E-state index in [2.05, 4.69) is 23.8 Å². The average molecular weight is 703 g/mol. The monoisotopic (exact) mass is 702 g/mol. The van der Waals surface area contributed by atoms with Crippen molar-refractivity contribution in [2.45, 2.75) is 95.8 Å². The Labute approximate surface area is 292 Å². The van der Waals surface area contributed by atoms with Crippen LogP contribution in [0.1, 0.15) is 64.5 Å². The first kappa shape index (κ1) is 37.7. The summed E-state index contributed by atoms with van der Waals surface area (Å²) in [5.74, 6) is -2.17. The Morgan fingerprint density at radius 2 is 1.90 bits per heavy atom. The van der Waals surface area contributed by atoms with Gasteiger partial charge in [0.1, 0.15) is 29.3 Å². The Kier molecular flexibility index (Phi) is 12.4. The van der Waals surface area contributed by atoms with E-state index in [0.717, 1.165) is 11.1 Å². The molecule has 2 heterocycles. The van der Waals surface area contributed by atoms with E-state index in [9.17, 15) is 24.0 Å². The lowest BCUT2D eigenvalue weighted by Crippen LogP contribution is -2.57. The van der Waals surface area contributed by atoms with Crippen LogP contribution in [0.25, 0.3) is 0 Å². The maximum atomic E-state index is 14.2. The first-order valence-corrected chi connectivity index (χ1v) is 16.9. The highest BCUT2D eigenvalue weighted by atomic mass is 35.5. The normalized spacial score (nSPS) is 23.2. The number of amides is 4. The topological polar surface area (TPSA) is 153 Å². The van der Waals surface area contributed by atoms with E-state index in [0.29, 0.717) is 31.0 Å². The van der Waals surface area contributed by atoms with Crippen molar-refractivity contribution >= 4 is 41.6 Å². The fraction of sp³-hybridized carbons (Fsp3) is 0.571. The molecule has 0 spiro atoms. The maximum Gasteiger partial charge on any atom is 0.410 e. The SMILES string of the molecule is C=CCCOCC[C@H](NC(=O)OC(C)(C)C)C(=O)N1C[C@H](OC(=O)N2Cc3cccc(Cl)c3C2)C[C@H]1C(=O)N[C@]1(C(=O)OCC)C[C@H]1C=C. The molecule has 0 radical (unpaired) electrons. The number of fused-ring (bicyclic) bond motifs is 1. The van der Waals surface area contributed by atoms with Crippen LogP contribution in [0, 0.1) is 5.92 Å². The Balaban J connectivity index is 1.55. The molecule has 4 amide bonds. The fourth-order valence-corrected chi connectivity index (χ4v) is 6.30. The van der Waals surface area contributed by atoms with Crippen LogP contribution in [0.5, 0.6) is 0 Å². The summed E-state index contributed by atoms with van der Waals surface area (Å²) in [4.78, 5) is 70.1. The number of alkyl carbamates (subject to hydrolysis) is 1. The maximum absolute atomic E-state index is 14.2. The molecule has 1 aliphatic carbocycles. The minimum Gasteiger partial charge on any atom is -0.464 e. The molecule has 0 bridgehead atoms. The van der Waals surface area contributed by atoms with E-state index >= 15 is 0 Å². The summed E-state index contributed by atoms with van der Waals surface area (Å²) in [6, 6.07) is 3.17. The minimum absolute atomic E-state index is 0.0441. The highest BCUT2D eigenvalue weighted by Gasteiger charge is 2.62. The number of hydrogen-bond acceptors (Lipinski definition) is 9. The molecule has 268 valence electrons. The second-order valence-corrected chi connectivity index (χ2v) is 13.8. The van der Waals surface area contributed by atoms with E-state index < -0.39 is 59.3 Å². The molecule has 2 fully saturated rings. The summed E-state index contributed by atoms with van der Waals surface area (Å²) in [6.45, 7) is 15.2. The smallest absolute Gasteiger partial charge is 0.410 e. The van der Waals surface area contributed by atoms with Crippen molar-refractivity contribution < 1.29 is 42.9 Å². The van der Waals surface area contributed by atoms with Gasteiger partial charge in [0.25, 0.3) is 0 Å². The Bertz CT molecular complexity index is 1450. The van der Waals surface area contributed by atoms with Gasteiger partial charge in [0, 0.05) is 43.5 Å². The Morgan fingerprint density at radius 3 is 2.53 bits per heavy atom. The van der Waals surface area contributed by atoms with Gasteiger partial charge in [-0.25, -0.2) is 14.4 Å². The predicted molar refractivity (Wildman–Crippen MR) is 180 cm³/mol. The number of carbonyl (C=O) groups is 5. The minimum atomic E-state index is -1.31. The summed E-state index contributed by atoms with van der Waals surface area (Å²) >= 11 is 6.34. The lowest BCUT2D eigenvalue weighted by molar-refractivity contribution is -0.150. The van der Waals surface area contributed by atoms with Crippen molar-refractivity contribution in [2.24, 2.45) is 5.92 Å². The first-order chi connectivity index (χ1) is 23.2. The second kappa shape index (κ2) is 16.1. The van der Waals surface area contributed by atoms with Crippen LogP contribution in [0.4, 0.5) is 9.59 Å². The first-order valence-electron chi connectivity index (χ1n) is 16.5. The van der Waals surface area contributed by atoms with E-state index in [4.69, 9.17) is 30.5 Å². The van der Waals surface area contributed by atoms with Crippen LogP contribution in [-0.2, 0) is 46.4 Å². The van der Waals surface area contributed by atoms with Gasteiger partial charge in [0.15, 0.2) is 0 Å². The van der Waals surface area contributed by atoms with Gasteiger partial charge in [-0.1, -0.05) is 35.9 Å². The van der Waals surface area contributed by atoms with Crippen molar-refractivity contribution in [1.82, 2.24) is 20.4 Å². The Morgan fingerprint density at radius 1 is 1.14 bits per heavy atom. The van der Waals surface area contributed by atoms with Crippen molar-refractivity contribution in [3.8, 4) is 0 Å². The van der Waals surface area contributed by atoms with Crippen LogP contribution in [0.15, 0.2) is 43.5 Å².